The van der Waals surface area contributed by atoms with E-state index in [0.29, 0.717) is 0 Å². The summed E-state index contributed by atoms with van der Waals surface area (Å²) >= 11 is 0. The number of rotatable bonds is 7. The van der Waals surface area contributed by atoms with Crippen LogP contribution in [0.25, 0.3) is 11.1 Å². The summed E-state index contributed by atoms with van der Waals surface area (Å²) in [4.78, 5) is 40.4. The number of carboxylic acids is 1. The Labute approximate surface area is 196 Å². The Balaban J connectivity index is 1.45. The van der Waals surface area contributed by atoms with Gasteiger partial charge in [0.05, 0.1) is 5.69 Å². The predicted octanol–water partition coefficient (Wildman–Crippen LogP) is 3.65. The maximum absolute atomic E-state index is 12.6. The lowest BCUT2D eigenvalue weighted by atomic mass is 9.98. The van der Waals surface area contributed by atoms with Crippen LogP contribution < -0.4 is 10.6 Å². The molecule has 1 aliphatic carbocycles. The number of anilines is 1. The summed E-state index contributed by atoms with van der Waals surface area (Å²) < 4.78 is 5.51. The minimum absolute atomic E-state index is 0.0852. The smallest absolute Gasteiger partial charge is 0.411 e. The van der Waals surface area contributed by atoms with Gasteiger partial charge in [-0.3, -0.25) is 10.1 Å². The van der Waals surface area contributed by atoms with Gasteiger partial charge in [0.25, 0.3) is 5.91 Å². The molecule has 34 heavy (non-hydrogen) atoms. The SMILES string of the molecule is C#CCC(NC(=O)c1ncccc1NC(=O)OCC1c2ccccc2-c2ccccc21)C(=O)O. The number of aromatic nitrogens is 1. The number of carbonyl (C=O) groups excluding carboxylic acids is 2. The van der Waals surface area contributed by atoms with Crippen LogP contribution in [-0.4, -0.2) is 40.7 Å². The Morgan fingerprint density at radius 3 is 2.29 bits per heavy atom. The molecule has 0 fully saturated rings. The maximum atomic E-state index is 12.6. The molecule has 0 aliphatic heterocycles. The van der Waals surface area contributed by atoms with Crippen molar-refractivity contribution in [2.45, 2.75) is 18.4 Å². The number of nitrogens with zero attached hydrogens (tertiary/aromatic N) is 1. The first-order chi connectivity index (χ1) is 16.5. The second-order valence-electron chi connectivity index (χ2n) is 7.62. The van der Waals surface area contributed by atoms with Crippen LogP contribution in [0.4, 0.5) is 10.5 Å². The normalized spacial score (nSPS) is 12.6. The summed E-state index contributed by atoms with van der Waals surface area (Å²) in [6.07, 6.45) is 5.57. The van der Waals surface area contributed by atoms with Crippen LogP contribution >= 0.6 is 0 Å². The molecule has 0 spiro atoms. The van der Waals surface area contributed by atoms with Crippen molar-refractivity contribution in [2.75, 3.05) is 11.9 Å². The number of carboxylic acid groups (broad SMARTS) is 1. The van der Waals surface area contributed by atoms with Crippen LogP contribution in [0, 0.1) is 12.3 Å². The fourth-order valence-corrected chi connectivity index (χ4v) is 3.98. The molecule has 0 saturated heterocycles. The molecule has 8 nitrogen and oxygen atoms in total. The molecule has 3 N–H and O–H groups in total. The highest BCUT2D eigenvalue weighted by atomic mass is 16.5. The van der Waals surface area contributed by atoms with Crippen molar-refractivity contribution in [1.82, 2.24) is 10.3 Å². The zero-order chi connectivity index (χ0) is 24.1. The van der Waals surface area contributed by atoms with E-state index in [0.717, 1.165) is 22.3 Å². The Kier molecular flexibility index (Phi) is 6.55. The maximum Gasteiger partial charge on any atom is 0.411 e. The Bertz CT molecular complexity index is 1250. The average molecular weight is 455 g/mol. The fraction of sp³-hybridized carbons (Fsp3) is 0.154. The molecule has 0 bridgehead atoms. The Morgan fingerprint density at radius 2 is 1.68 bits per heavy atom. The summed E-state index contributed by atoms with van der Waals surface area (Å²) in [5.74, 6) is 0.0384. The van der Waals surface area contributed by atoms with Crippen molar-refractivity contribution in [1.29, 1.82) is 0 Å². The monoisotopic (exact) mass is 455 g/mol. The number of amides is 2. The van der Waals surface area contributed by atoms with Gasteiger partial charge >= 0.3 is 12.1 Å². The van der Waals surface area contributed by atoms with Gasteiger partial charge in [-0.1, -0.05) is 48.5 Å². The van der Waals surface area contributed by atoms with Crippen LogP contribution in [0.2, 0.25) is 0 Å². The highest BCUT2D eigenvalue weighted by Crippen LogP contribution is 2.44. The molecule has 1 aromatic heterocycles. The van der Waals surface area contributed by atoms with E-state index in [-0.39, 0.29) is 30.3 Å². The number of hydrogen-bond donors (Lipinski definition) is 3. The number of aliphatic carboxylic acids is 1. The molecule has 4 rings (SSSR count). The third kappa shape index (κ3) is 4.59. The van der Waals surface area contributed by atoms with Crippen molar-refractivity contribution < 1.29 is 24.2 Å². The first kappa shape index (κ1) is 22.6. The lowest BCUT2D eigenvalue weighted by Crippen LogP contribution is -2.41. The lowest BCUT2D eigenvalue weighted by molar-refractivity contribution is -0.139. The van der Waals surface area contributed by atoms with Crippen LogP contribution in [0.3, 0.4) is 0 Å². The number of carbonyl (C=O) groups is 3. The van der Waals surface area contributed by atoms with Gasteiger partial charge in [-0.25, -0.2) is 14.6 Å². The second-order valence-corrected chi connectivity index (χ2v) is 7.62. The molecule has 0 radical (unpaired) electrons. The van der Waals surface area contributed by atoms with E-state index in [9.17, 15) is 19.5 Å². The van der Waals surface area contributed by atoms with Gasteiger partial charge in [0.15, 0.2) is 5.69 Å². The molecule has 0 saturated carbocycles. The zero-order valence-corrected chi connectivity index (χ0v) is 18.0. The van der Waals surface area contributed by atoms with E-state index >= 15 is 0 Å². The zero-order valence-electron chi connectivity index (χ0n) is 18.0. The molecular formula is C26H21N3O5. The number of nitrogens with one attached hydrogen (secondary N) is 2. The second kappa shape index (κ2) is 9.88. The standard InChI is InChI=1S/C26H21N3O5/c1-2-8-22(25(31)32)28-24(30)23-21(13-7-14-27-23)29-26(33)34-15-20-18-11-5-3-9-16(18)17-10-4-6-12-19(17)20/h1,3-7,9-14,20,22H,8,15H2,(H,28,30)(H,29,33)(H,31,32). The number of benzene rings is 2. The number of pyridine rings is 1. The molecule has 1 unspecified atom stereocenters. The third-order valence-electron chi connectivity index (χ3n) is 5.53. The van der Waals surface area contributed by atoms with E-state index in [1.807, 2.05) is 48.5 Å². The van der Waals surface area contributed by atoms with E-state index in [2.05, 4.69) is 21.5 Å². The summed E-state index contributed by atoms with van der Waals surface area (Å²) in [5, 5.41) is 14.0. The first-order valence-electron chi connectivity index (χ1n) is 10.5. The van der Waals surface area contributed by atoms with Crippen molar-refractivity contribution in [3.05, 3.63) is 83.7 Å². The molecule has 1 aliphatic rings. The van der Waals surface area contributed by atoms with Crippen molar-refractivity contribution in [3.63, 3.8) is 0 Å². The first-order valence-corrected chi connectivity index (χ1v) is 10.5. The molecule has 3 aromatic rings. The van der Waals surface area contributed by atoms with Gasteiger partial charge in [-0.15, -0.1) is 12.3 Å². The highest BCUT2D eigenvalue weighted by Gasteiger charge is 2.29. The van der Waals surface area contributed by atoms with Crippen molar-refractivity contribution >= 4 is 23.7 Å². The quantitative estimate of drug-likeness (QED) is 0.468. The van der Waals surface area contributed by atoms with E-state index in [1.165, 1.54) is 18.3 Å². The van der Waals surface area contributed by atoms with Crippen LogP contribution in [-0.2, 0) is 9.53 Å². The number of hydrogen-bond acceptors (Lipinski definition) is 5. The summed E-state index contributed by atoms with van der Waals surface area (Å²) in [6, 6.07) is 17.7. The minimum atomic E-state index is -1.28. The van der Waals surface area contributed by atoms with Gasteiger partial charge in [0.1, 0.15) is 12.6 Å². The van der Waals surface area contributed by atoms with Gasteiger partial charge in [0.2, 0.25) is 0 Å². The van der Waals surface area contributed by atoms with E-state index in [1.54, 1.807) is 0 Å². The predicted molar refractivity (Wildman–Crippen MR) is 125 cm³/mol. The number of fused-ring (bicyclic) bond motifs is 3. The number of terminal acetylenes is 1. The van der Waals surface area contributed by atoms with E-state index < -0.39 is 24.0 Å². The minimum Gasteiger partial charge on any atom is -0.480 e. The number of ether oxygens (including phenoxy) is 1. The summed E-state index contributed by atoms with van der Waals surface area (Å²) in [5.41, 5.74) is 4.30. The molecule has 1 heterocycles. The van der Waals surface area contributed by atoms with Gasteiger partial charge in [0, 0.05) is 18.5 Å². The molecule has 1 atom stereocenters. The molecule has 2 amide bonds. The van der Waals surface area contributed by atoms with E-state index in [4.69, 9.17) is 11.2 Å². The van der Waals surface area contributed by atoms with Gasteiger partial charge in [-0.2, -0.15) is 0 Å². The van der Waals surface area contributed by atoms with Crippen molar-refractivity contribution in [3.8, 4) is 23.5 Å². The van der Waals surface area contributed by atoms with Gasteiger partial charge in [-0.05, 0) is 34.4 Å². The molecule has 8 heteroatoms. The van der Waals surface area contributed by atoms with Crippen molar-refractivity contribution in [2.24, 2.45) is 0 Å². The third-order valence-corrected chi connectivity index (χ3v) is 5.53. The average Bonchev–Trinajstić information content (AvgIpc) is 3.16. The fourth-order valence-electron chi connectivity index (χ4n) is 3.98. The molecular weight excluding hydrogens is 434 g/mol. The highest BCUT2D eigenvalue weighted by molar-refractivity contribution is 6.02. The Morgan fingerprint density at radius 1 is 1.03 bits per heavy atom. The van der Waals surface area contributed by atoms with Crippen LogP contribution in [0.1, 0.15) is 34.0 Å². The molecule has 170 valence electrons. The molecule has 2 aromatic carbocycles. The lowest BCUT2D eigenvalue weighted by Gasteiger charge is -2.16. The topological polar surface area (TPSA) is 118 Å². The Hall–Kier alpha value is -4.64. The van der Waals surface area contributed by atoms with Crippen LogP contribution in [0.5, 0.6) is 0 Å². The summed E-state index contributed by atoms with van der Waals surface area (Å²) in [6.45, 7) is 0.102. The summed E-state index contributed by atoms with van der Waals surface area (Å²) in [7, 11) is 0. The van der Waals surface area contributed by atoms with Crippen LogP contribution in [0.15, 0.2) is 66.9 Å². The van der Waals surface area contributed by atoms with Gasteiger partial charge < -0.3 is 15.2 Å². The largest absolute Gasteiger partial charge is 0.480 e.